The van der Waals surface area contributed by atoms with E-state index in [1.807, 2.05) is 0 Å². The summed E-state index contributed by atoms with van der Waals surface area (Å²) in [6, 6.07) is 0. The summed E-state index contributed by atoms with van der Waals surface area (Å²) < 4.78 is 5.38. The first-order valence-electron chi connectivity index (χ1n) is 6.11. The van der Waals surface area contributed by atoms with Crippen LogP contribution in [-0.4, -0.2) is 43.3 Å². The monoisotopic (exact) mass is 214 g/mol. The van der Waals surface area contributed by atoms with Crippen LogP contribution < -0.4 is 5.73 Å². The Kier molecular flexibility index (Phi) is 5.03. The molecule has 1 aliphatic heterocycles. The maximum absolute atomic E-state index is 5.94. The van der Waals surface area contributed by atoms with E-state index in [1.165, 1.54) is 12.8 Å². The Morgan fingerprint density at radius 1 is 1.33 bits per heavy atom. The van der Waals surface area contributed by atoms with Gasteiger partial charge in [-0.25, -0.2) is 0 Å². The number of morpholine rings is 1. The van der Waals surface area contributed by atoms with Crippen molar-refractivity contribution in [2.24, 2.45) is 11.7 Å². The molecule has 0 aromatic rings. The molecule has 0 bridgehead atoms. The second-order valence-corrected chi connectivity index (χ2v) is 5.23. The molecule has 0 saturated carbocycles. The minimum atomic E-state index is 0.175. The highest BCUT2D eigenvalue weighted by Crippen LogP contribution is 2.23. The smallest absolute Gasteiger partial charge is 0.0594 e. The van der Waals surface area contributed by atoms with Gasteiger partial charge in [0.25, 0.3) is 0 Å². The van der Waals surface area contributed by atoms with E-state index in [9.17, 15) is 0 Å². The van der Waals surface area contributed by atoms with Gasteiger partial charge in [-0.3, -0.25) is 4.90 Å². The van der Waals surface area contributed by atoms with Crippen molar-refractivity contribution < 1.29 is 4.74 Å². The van der Waals surface area contributed by atoms with Crippen molar-refractivity contribution in [2.45, 2.75) is 39.2 Å². The number of hydrogen-bond donors (Lipinski definition) is 1. The van der Waals surface area contributed by atoms with Gasteiger partial charge in [0.15, 0.2) is 0 Å². The fraction of sp³-hybridized carbons (Fsp3) is 1.00. The van der Waals surface area contributed by atoms with Crippen LogP contribution >= 0.6 is 0 Å². The topological polar surface area (TPSA) is 38.5 Å². The summed E-state index contributed by atoms with van der Waals surface area (Å²) in [6.45, 7) is 11.4. The highest BCUT2D eigenvalue weighted by Gasteiger charge is 2.31. The molecule has 0 aromatic carbocycles. The number of nitrogens with zero attached hydrogens (tertiary/aromatic N) is 1. The Morgan fingerprint density at radius 2 is 1.93 bits per heavy atom. The Hall–Kier alpha value is -0.120. The van der Waals surface area contributed by atoms with Crippen molar-refractivity contribution in [1.82, 2.24) is 4.90 Å². The number of hydrogen-bond acceptors (Lipinski definition) is 3. The molecule has 15 heavy (non-hydrogen) atoms. The third-order valence-corrected chi connectivity index (χ3v) is 3.47. The number of ether oxygens (including phenoxy) is 1. The molecule has 1 aliphatic rings. The Bertz CT molecular complexity index is 178. The van der Waals surface area contributed by atoms with E-state index < -0.39 is 0 Å². The highest BCUT2D eigenvalue weighted by molar-refractivity contribution is 4.88. The predicted octanol–water partition coefficient (Wildman–Crippen LogP) is 1.47. The second kappa shape index (κ2) is 5.83. The van der Waals surface area contributed by atoms with Crippen LogP contribution in [0.5, 0.6) is 0 Å². The minimum Gasteiger partial charge on any atom is -0.379 e. The zero-order chi connectivity index (χ0) is 11.3. The molecule has 1 fully saturated rings. The average molecular weight is 214 g/mol. The van der Waals surface area contributed by atoms with Crippen molar-refractivity contribution >= 4 is 0 Å². The molecule has 0 aliphatic carbocycles. The van der Waals surface area contributed by atoms with E-state index in [-0.39, 0.29) is 5.54 Å². The molecule has 2 N–H and O–H groups in total. The van der Waals surface area contributed by atoms with Crippen LogP contribution in [0.1, 0.15) is 33.6 Å². The largest absolute Gasteiger partial charge is 0.379 e. The van der Waals surface area contributed by atoms with Gasteiger partial charge in [0.05, 0.1) is 13.2 Å². The van der Waals surface area contributed by atoms with Crippen LogP contribution in [0.2, 0.25) is 0 Å². The van der Waals surface area contributed by atoms with Crippen molar-refractivity contribution in [1.29, 1.82) is 0 Å². The first-order valence-corrected chi connectivity index (χ1v) is 6.11. The Balaban J connectivity index is 2.49. The summed E-state index contributed by atoms with van der Waals surface area (Å²) >= 11 is 0. The van der Waals surface area contributed by atoms with Gasteiger partial charge >= 0.3 is 0 Å². The molecular weight excluding hydrogens is 188 g/mol. The molecule has 0 radical (unpaired) electrons. The van der Waals surface area contributed by atoms with Gasteiger partial charge in [0, 0.05) is 25.2 Å². The maximum Gasteiger partial charge on any atom is 0.0594 e. The molecule has 1 saturated heterocycles. The lowest BCUT2D eigenvalue weighted by Gasteiger charge is -2.43. The number of rotatable bonds is 5. The minimum absolute atomic E-state index is 0.175. The molecule has 1 rings (SSSR count). The third kappa shape index (κ3) is 3.74. The SMILES string of the molecule is CC(C)CCC(C)(CN)N1CCOCC1. The summed E-state index contributed by atoms with van der Waals surface area (Å²) in [5.41, 5.74) is 6.12. The summed E-state index contributed by atoms with van der Waals surface area (Å²) in [7, 11) is 0. The zero-order valence-electron chi connectivity index (χ0n) is 10.5. The van der Waals surface area contributed by atoms with Crippen LogP contribution in [0.25, 0.3) is 0 Å². The van der Waals surface area contributed by atoms with E-state index >= 15 is 0 Å². The fourth-order valence-electron chi connectivity index (χ4n) is 2.09. The standard InChI is InChI=1S/C12H26N2O/c1-11(2)4-5-12(3,10-13)14-6-8-15-9-7-14/h11H,4-10,13H2,1-3H3. The van der Waals surface area contributed by atoms with E-state index in [0.29, 0.717) is 0 Å². The Labute approximate surface area is 94.0 Å². The van der Waals surface area contributed by atoms with E-state index in [2.05, 4.69) is 25.7 Å². The lowest BCUT2D eigenvalue weighted by atomic mass is 9.90. The van der Waals surface area contributed by atoms with Crippen molar-refractivity contribution in [3.63, 3.8) is 0 Å². The molecule has 3 heteroatoms. The van der Waals surface area contributed by atoms with Crippen LogP contribution in [0.15, 0.2) is 0 Å². The molecular formula is C12H26N2O. The quantitative estimate of drug-likeness (QED) is 0.753. The first-order chi connectivity index (χ1) is 7.08. The van der Waals surface area contributed by atoms with Gasteiger partial charge in [-0.15, -0.1) is 0 Å². The summed E-state index contributed by atoms with van der Waals surface area (Å²) in [5, 5.41) is 0. The molecule has 0 aromatic heterocycles. The maximum atomic E-state index is 5.94. The molecule has 1 unspecified atom stereocenters. The molecule has 0 spiro atoms. The van der Waals surface area contributed by atoms with Gasteiger partial charge in [-0.05, 0) is 25.7 Å². The molecule has 3 nitrogen and oxygen atoms in total. The lowest BCUT2D eigenvalue weighted by molar-refractivity contribution is -0.0177. The van der Waals surface area contributed by atoms with Crippen LogP contribution in [0.3, 0.4) is 0 Å². The zero-order valence-corrected chi connectivity index (χ0v) is 10.5. The van der Waals surface area contributed by atoms with E-state index in [1.54, 1.807) is 0 Å². The van der Waals surface area contributed by atoms with Gasteiger partial charge < -0.3 is 10.5 Å². The molecule has 1 atom stereocenters. The van der Waals surface area contributed by atoms with Crippen LogP contribution in [-0.2, 0) is 4.74 Å². The van der Waals surface area contributed by atoms with Crippen molar-refractivity contribution in [2.75, 3.05) is 32.8 Å². The van der Waals surface area contributed by atoms with Crippen molar-refractivity contribution in [3.05, 3.63) is 0 Å². The number of nitrogens with two attached hydrogens (primary N) is 1. The van der Waals surface area contributed by atoms with E-state index in [4.69, 9.17) is 10.5 Å². The highest BCUT2D eigenvalue weighted by atomic mass is 16.5. The summed E-state index contributed by atoms with van der Waals surface area (Å²) in [4.78, 5) is 2.50. The lowest BCUT2D eigenvalue weighted by Crippen LogP contribution is -2.55. The van der Waals surface area contributed by atoms with Gasteiger partial charge in [0.2, 0.25) is 0 Å². The summed E-state index contributed by atoms with van der Waals surface area (Å²) in [5.74, 6) is 0.761. The summed E-state index contributed by atoms with van der Waals surface area (Å²) in [6.07, 6.45) is 2.45. The normalized spacial score (nSPS) is 23.0. The third-order valence-electron chi connectivity index (χ3n) is 3.47. The first kappa shape index (κ1) is 12.9. The second-order valence-electron chi connectivity index (χ2n) is 5.23. The molecule has 0 amide bonds. The van der Waals surface area contributed by atoms with Crippen LogP contribution in [0.4, 0.5) is 0 Å². The van der Waals surface area contributed by atoms with Crippen molar-refractivity contribution in [3.8, 4) is 0 Å². The van der Waals surface area contributed by atoms with Gasteiger partial charge in [-0.2, -0.15) is 0 Å². The fourth-order valence-corrected chi connectivity index (χ4v) is 2.09. The predicted molar refractivity (Wildman–Crippen MR) is 63.9 cm³/mol. The molecule has 1 heterocycles. The molecule has 90 valence electrons. The average Bonchev–Trinajstić information content (AvgIpc) is 2.27. The Morgan fingerprint density at radius 3 is 2.40 bits per heavy atom. The van der Waals surface area contributed by atoms with Gasteiger partial charge in [0.1, 0.15) is 0 Å². The van der Waals surface area contributed by atoms with Gasteiger partial charge in [-0.1, -0.05) is 13.8 Å². The van der Waals surface area contributed by atoms with Crippen LogP contribution in [0, 0.1) is 5.92 Å². The van der Waals surface area contributed by atoms with E-state index in [0.717, 1.165) is 38.8 Å².